The standard InChI is InChI=1S/C19H25NO2/c1-5-10-22-18-9-7-16(12-19(18)21-4)13-20-17-8-6-14(2)15(3)11-17/h6-9,11-12,20H,5,10,13H2,1-4H3. The number of aryl methyl sites for hydroxylation is 2. The van der Waals surface area contributed by atoms with Crippen molar-refractivity contribution in [2.75, 3.05) is 19.0 Å². The zero-order valence-corrected chi connectivity index (χ0v) is 13.9. The minimum atomic E-state index is 0.705. The summed E-state index contributed by atoms with van der Waals surface area (Å²) >= 11 is 0. The van der Waals surface area contributed by atoms with Crippen molar-refractivity contribution in [3.8, 4) is 11.5 Å². The second-order valence-corrected chi connectivity index (χ2v) is 5.49. The van der Waals surface area contributed by atoms with E-state index in [1.165, 1.54) is 16.7 Å². The molecule has 0 aromatic heterocycles. The van der Waals surface area contributed by atoms with Gasteiger partial charge in [0.2, 0.25) is 0 Å². The highest BCUT2D eigenvalue weighted by Crippen LogP contribution is 2.28. The third kappa shape index (κ3) is 4.17. The average molecular weight is 299 g/mol. The number of hydrogen-bond donors (Lipinski definition) is 1. The van der Waals surface area contributed by atoms with E-state index in [1.54, 1.807) is 7.11 Å². The van der Waals surface area contributed by atoms with E-state index in [0.717, 1.165) is 30.2 Å². The van der Waals surface area contributed by atoms with Gasteiger partial charge in [-0.3, -0.25) is 0 Å². The normalized spacial score (nSPS) is 10.4. The van der Waals surface area contributed by atoms with Gasteiger partial charge in [0.05, 0.1) is 13.7 Å². The van der Waals surface area contributed by atoms with Gasteiger partial charge in [-0.1, -0.05) is 19.1 Å². The van der Waals surface area contributed by atoms with Gasteiger partial charge in [0.25, 0.3) is 0 Å². The second-order valence-electron chi connectivity index (χ2n) is 5.49. The summed E-state index contributed by atoms with van der Waals surface area (Å²) in [5, 5.41) is 3.45. The molecule has 1 N–H and O–H groups in total. The van der Waals surface area contributed by atoms with E-state index in [-0.39, 0.29) is 0 Å². The molecule has 3 nitrogen and oxygen atoms in total. The summed E-state index contributed by atoms with van der Waals surface area (Å²) in [6, 6.07) is 12.5. The van der Waals surface area contributed by atoms with Crippen LogP contribution in [-0.4, -0.2) is 13.7 Å². The van der Waals surface area contributed by atoms with E-state index in [9.17, 15) is 0 Å². The molecule has 0 spiro atoms. The largest absolute Gasteiger partial charge is 0.493 e. The van der Waals surface area contributed by atoms with E-state index in [1.807, 2.05) is 12.1 Å². The van der Waals surface area contributed by atoms with Gasteiger partial charge >= 0.3 is 0 Å². The van der Waals surface area contributed by atoms with Gasteiger partial charge in [0.1, 0.15) is 0 Å². The number of ether oxygens (including phenoxy) is 2. The van der Waals surface area contributed by atoms with Crippen molar-refractivity contribution in [3.05, 3.63) is 53.1 Å². The Labute approximate surface area is 133 Å². The summed E-state index contributed by atoms with van der Waals surface area (Å²) in [5.74, 6) is 1.59. The molecule has 0 bridgehead atoms. The van der Waals surface area contributed by atoms with E-state index in [4.69, 9.17) is 9.47 Å². The summed E-state index contributed by atoms with van der Waals surface area (Å²) in [6.45, 7) is 7.81. The van der Waals surface area contributed by atoms with E-state index in [0.29, 0.717) is 6.61 Å². The predicted molar refractivity (Wildman–Crippen MR) is 92.0 cm³/mol. The molecule has 118 valence electrons. The fourth-order valence-corrected chi connectivity index (χ4v) is 2.21. The Morgan fingerprint density at radius 1 is 0.955 bits per heavy atom. The Morgan fingerprint density at radius 3 is 2.45 bits per heavy atom. The fourth-order valence-electron chi connectivity index (χ4n) is 2.21. The Kier molecular flexibility index (Phi) is 5.70. The van der Waals surface area contributed by atoms with Gasteiger partial charge in [0, 0.05) is 12.2 Å². The maximum absolute atomic E-state index is 5.68. The van der Waals surface area contributed by atoms with Crippen LogP contribution in [-0.2, 0) is 6.54 Å². The lowest BCUT2D eigenvalue weighted by Gasteiger charge is -2.13. The highest BCUT2D eigenvalue weighted by molar-refractivity contribution is 5.49. The van der Waals surface area contributed by atoms with Crippen LogP contribution < -0.4 is 14.8 Å². The lowest BCUT2D eigenvalue weighted by atomic mass is 10.1. The van der Waals surface area contributed by atoms with E-state index >= 15 is 0 Å². The van der Waals surface area contributed by atoms with Crippen molar-refractivity contribution in [1.29, 1.82) is 0 Å². The maximum atomic E-state index is 5.68. The third-order valence-corrected chi connectivity index (χ3v) is 3.69. The molecule has 2 aromatic carbocycles. The minimum absolute atomic E-state index is 0.705. The number of rotatable bonds is 7. The number of benzene rings is 2. The minimum Gasteiger partial charge on any atom is -0.493 e. The average Bonchev–Trinajstić information content (AvgIpc) is 2.54. The van der Waals surface area contributed by atoms with Crippen molar-refractivity contribution < 1.29 is 9.47 Å². The Balaban J connectivity index is 2.04. The zero-order valence-electron chi connectivity index (χ0n) is 13.9. The van der Waals surface area contributed by atoms with E-state index in [2.05, 4.69) is 50.4 Å². The molecule has 0 aliphatic heterocycles. The van der Waals surface area contributed by atoms with Crippen LogP contribution in [0, 0.1) is 13.8 Å². The zero-order chi connectivity index (χ0) is 15.9. The molecule has 22 heavy (non-hydrogen) atoms. The van der Waals surface area contributed by atoms with Crippen LogP contribution in [0.5, 0.6) is 11.5 Å². The lowest BCUT2D eigenvalue weighted by molar-refractivity contribution is 0.294. The Morgan fingerprint density at radius 2 is 1.77 bits per heavy atom. The third-order valence-electron chi connectivity index (χ3n) is 3.69. The number of nitrogens with one attached hydrogen (secondary N) is 1. The van der Waals surface area contributed by atoms with Crippen LogP contribution in [0.2, 0.25) is 0 Å². The monoisotopic (exact) mass is 299 g/mol. The van der Waals surface area contributed by atoms with Gasteiger partial charge in [-0.25, -0.2) is 0 Å². The van der Waals surface area contributed by atoms with Crippen molar-refractivity contribution in [3.63, 3.8) is 0 Å². The van der Waals surface area contributed by atoms with Crippen molar-refractivity contribution in [1.82, 2.24) is 0 Å². The smallest absolute Gasteiger partial charge is 0.161 e. The van der Waals surface area contributed by atoms with Crippen LogP contribution in [0.1, 0.15) is 30.0 Å². The first-order valence-corrected chi connectivity index (χ1v) is 7.75. The number of methoxy groups -OCH3 is 1. The molecule has 3 heteroatoms. The molecule has 0 saturated heterocycles. The molecule has 2 aromatic rings. The second kappa shape index (κ2) is 7.74. The van der Waals surface area contributed by atoms with Crippen molar-refractivity contribution in [2.45, 2.75) is 33.7 Å². The van der Waals surface area contributed by atoms with Crippen LogP contribution >= 0.6 is 0 Å². The van der Waals surface area contributed by atoms with Gasteiger partial charge < -0.3 is 14.8 Å². The molecule has 0 atom stereocenters. The molecule has 0 amide bonds. The highest BCUT2D eigenvalue weighted by atomic mass is 16.5. The molecule has 0 heterocycles. The molecule has 0 aliphatic carbocycles. The molecule has 0 unspecified atom stereocenters. The predicted octanol–water partition coefficient (Wildman–Crippen LogP) is 4.71. The topological polar surface area (TPSA) is 30.5 Å². The van der Waals surface area contributed by atoms with Crippen LogP contribution in [0.15, 0.2) is 36.4 Å². The summed E-state index contributed by atoms with van der Waals surface area (Å²) < 4.78 is 11.1. The van der Waals surface area contributed by atoms with E-state index < -0.39 is 0 Å². The Bertz CT molecular complexity index is 623. The fraction of sp³-hybridized carbons (Fsp3) is 0.368. The SMILES string of the molecule is CCCOc1ccc(CNc2ccc(C)c(C)c2)cc1OC. The van der Waals surface area contributed by atoms with Crippen LogP contribution in [0.25, 0.3) is 0 Å². The molecule has 0 saturated carbocycles. The van der Waals surface area contributed by atoms with Crippen molar-refractivity contribution >= 4 is 5.69 Å². The Hall–Kier alpha value is -2.16. The van der Waals surface area contributed by atoms with Gasteiger partial charge in [-0.05, 0) is 61.2 Å². The van der Waals surface area contributed by atoms with Gasteiger partial charge in [-0.2, -0.15) is 0 Å². The first kappa shape index (κ1) is 16.2. The van der Waals surface area contributed by atoms with Crippen LogP contribution in [0.4, 0.5) is 5.69 Å². The molecular formula is C19H25NO2. The number of anilines is 1. The first-order valence-electron chi connectivity index (χ1n) is 7.75. The first-order chi connectivity index (χ1) is 10.6. The van der Waals surface area contributed by atoms with Crippen molar-refractivity contribution in [2.24, 2.45) is 0 Å². The summed E-state index contributed by atoms with van der Waals surface area (Å²) in [4.78, 5) is 0. The summed E-state index contributed by atoms with van der Waals surface area (Å²) in [5.41, 5.74) is 4.91. The summed E-state index contributed by atoms with van der Waals surface area (Å²) in [7, 11) is 1.68. The summed E-state index contributed by atoms with van der Waals surface area (Å²) in [6.07, 6.45) is 0.985. The molecule has 0 aliphatic rings. The maximum Gasteiger partial charge on any atom is 0.161 e. The van der Waals surface area contributed by atoms with Gasteiger partial charge in [-0.15, -0.1) is 0 Å². The van der Waals surface area contributed by atoms with Gasteiger partial charge in [0.15, 0.2) is 11.5 Å². The molecule has 0 radical (unpaired) electrons. The molecule has 0 fully saturated rings. The quantitative estimate of drug-likeness (QED) is 0.803. The van der Waals surface area contributed by atoms with Crippen LogP contribution in [0.3, 0.4) is 0 Å². The number of hydrogen-bond acceptors (Lipinski definition) is 3. The molecule has 2 rings (SSSR count). The lowest BCUT2D eigenvalue weighted by Crippen LogP contribution is -2.02. The molecular weight excluding hydrogens is 274 g/mol. The highest BCUT2D eigenvalue weighted by Gasteiger charge is 2.06.